The molecule has 0 spiro atoms. The van der Waals surface area contributed by atoms with Gasteiger partial charge in [-0.05, 0) is 38.6 Å². The predicted molar refractivity (Wildman–Crippen MR) is 110 cm³/mol. The number of aryl methyl sites for hydroxylation is 1. The Labute approximate surface area is 163 Å². The summed E-state index contributed by atoms with van der Waals surface area (Å²) in [6, 6.07) is 7.87. The van der Waals surface area contributed by atoms with Gasteiger partial charge in [-0.25, -0.2) is 0 Å². The molecule has 0 unspecified atom stereocenters. The van der Waals surface area contributed by atoms with Gasteiger partial charge in [-0.3, -0.25) is 19.4 Å². The Morgan fingerprint density at radius 3 is 2.37 bits per heavy atom. The van der Waals surface area contributed by atoms with Crippen molar-refractivity contribution in [1.29, 1.82) is 0 Å². The molecule has 0 aliphatic carbocycles. The number of anilines is 1. The van der Waals surface area contributed by atoms with Crippen molar-refractivity contribution in [3.8, 4) is 0 Å². The molecule has 6 heteroatoms. The Morgan fingerprint density at radius 1 is 1.11 bits per heavy atom. The Kier molecular flexibility index (Phi) is 8.25. The van der Waals surface area contributed by atoms with E-state index in [1.54, 1.807) is 0 Å². The number of rotatable bonds is 8. The lowest BCUT2D eigenvalue weighted by molar-refractivity contribution is -0.138. The summed E-state index contributed by atoms with van der Waals surface area (Å²) < 4.78 is 0. The van der Waals surface area contributed by atoms with Crippen molar-refractivity contribution in [2.45, 2.75) is 39.2 Å². The summed E-state index contributed by atoms with van der Waals surface area (Å²) in [5.41, 5.74) is 2.04. The SMILES string of the molecule is CCC[C@@H](C(=O)N1CCN(CC(=O)Nc2ccccc2CC)CC1)N(C)C. The summed E-state index contributed by atoms with van der Waals surface area (Å²) in [7, 11) is 3.93. The second-order valence-electron chi connectivity index (χ2n) is 7.43. The average molecular weight is 375 g/mol. The van der Waals surface area contributed by atoms with Gasteiger partial charge in [0.05, 0.1) is 12.6 Å². The number of piperazine rings is 1. The molecule has 1 saturated heterocycles. The van der Waals surface area contributed by atoms with E-state index in [2.05, 4.69) is 24.1 Å². The highest BCUT2D eigenvalue weighted by molar-refractivity contribution is 5.93. The van der Waals surface area contributed by atoms with Gasteiger partial charge < -0.3 is 10.2 Å². The van der Waals surface area contributed by atoms with E-state index in [9.17, 15) is 9.59 Å². The number of carbonyl (C=O) groups is 2. The molecular weight excluding hydrogens is 340 g/mol. The highest BCUT2D eigenvalue weighted by Gasteiger charge is 2.28. The number of hydrogen-bond acceptors (Lipinski definition) is 4. The van der Waals surface area contributed by atoms with E-state index in [0.29, 0.717) is 19.6 Å². The average Bonchev–Trinajstić information content (AvgIpc) is 2.66. The number of hydrogen-bond donors (Lipinski definition) is 1. The first-order valence-electron chi connectivity index (χ1n) is 10.0. The Hall–Kier alpha value is -1.92. The quantitative estimate of drug-likeness (QED) is 0.757. The van der Waals surface area contributed by atoms with Crippen molar-refractivity contribution in [1.82, 2.24) is 14.7 Å². The lowest BCUT2D eigenvalue weighted by Gasteiger charge is -2.37. The third kappa shape index (κ3) is 6.04. The molecular formula is C21H34N4O2. The summed E-state index contributed by atoms with van der Waals surface area (Å²) >= 11 is 0. The van der Waals surface area contributed by atoms with E-state index < -0.39 is 0 Å². The first kappa shape index (κ1) is 21.4. The number of amides is 2. The van der Waals surface area contributed by atoms with E-state index in [0.717, 1.165) is 43.6 Å². The van der Waals surface area contributed by atoms with Gasteiger partial charge in [0, 0.05) is 31.9 Å². The highest BCUT2D eigenvalue weighted by Crippen LogP contribution is 2.16. The van der Waals surface area contributed by atoms with Crippen molar-refractivity contribution in [2.24, 2.45) is 0 Å². The zero-order valence-electron chi connectivity index (χ0n) is 17.2. The van der Waals surface area contributed by atoms with Crippen LogP contribution in [-0.4, -0.2) is 79.4 Å². The number of nitrogens with zero attached hydrogens (tertiary/aromatic N) is 3. The van der Waals surface area contributed by atoms with Crippen LogP contribution in [0.25, 0.3) is 0 Å². The first-order chi connectivity index (χ1) is 13.0. The minimum absolute atomic E-state index is 0.00725. The molecule has 0 bridgehead atoms. The molecule has 1 heterocycles. The maximum absolute atomic E-state index is 12.8. The van der Waals surface area contributed by atoms with Gasteiger partial charge >= 0.3 is 0 Å². The second-order valence-corrected chi connectivity index (χ2v) is 7.43. The van der Waals surface area contributed by atoms with Crippen LogP contribution in [0.15, 0.2) is 24.3 Å². The van der Waals surface area contributed by atoms with Crippen LogP contribution in [-0.2, 0) is 16.0 Å². The van der Waals surface area contributed by atoms with E-state index >= 15 is 0 Å². The summed E-state index contributed by atoms with van der Waals surface area (Å²) in [5, 5.41) is 3.02. The van der Waals surface area contributed by atoms with Crippen LogP contribution < -0.4 is 5.32 Å². The molecule has 0 aromatic heterocycles. The van der Waals surface area contributed by atoms with Crippen LogP contribution in [0.4, 0.5) is 5.69 Å². The van der Waals surface area contributed by atoms with Crippen LogP contribution in [0.5, 0.6) is 0 Å². The molecule has 27 heavy (non-hydrogen) atoms. The third-order valence-corrected chi connectivity index (χ3v) is 5.19. The van der Waals surface area contributed by atoms with Crippen molar-refractivity contribution in [2.75, 3.05) is 52.1 Å². The van der Waals surface area contributed by atoms with Gasteiger partial charge in [-0.1, -0.05) is 38.5 Å². The van der Waals surface area contributed by atoms with Gasteiger partial charge in [0.1, 0.15) is 0 Å². The van der Waals surface area contributed by atoms with Gasteiger partial charge in [0.25, 0.3) is 0 Å². The maximum atomic E-state index is 12.8. The summed E-state index contributed by atoms with van der Waals surface area (Å²) in [4.78, 5) is 31.2. The van der Waals surface area contributed by atoms with Crippen molar-refractivity contribution >= 4 is 17.5 Å². The molecule has 0 saturated carbocycles. The number of carbonyl (C=O) groups excluding carboxylic acids is 2. The van der Waals surface area contributed by atoms with E-state index in [-0.39, 0.29) is 17.9 Å². The van der Waals surface area contributed by atoms with Crippen LogP contribution >= 0.6 is 0 Å². The van der Waals surface area contributed by atoms with Crippen molar-refractivity contribution < 1.29 is 9.59 Å². The fourth-order valence-corrected chi connectivity index (χ4v) is 3.56. The molecule has 1 aromatic rings. The van der Waals surface area contributed by atoms with Gasteiger partial charge in [-0.2, -0.15) is 0 Å². The molecule has 0 radical (unpaired) electrons. The minimum Gasteiger partial charge on any atom is -0.339 e. The van der Waals surface area contributed by atoms with Gasteiger partial charge in [0.15, 0.2) is 0 Å². The molecule has 150 valence electrons. The normalized spacial score (nSPS) is 16.4. The van der Waals surface area contributed by atoms with Crippen LogP contribution in [0.3, 0.4) is 0 Å². The topological polar surface area (TPSA) is 55.9 Å². The lowest BCUT2D eigenvalue weighted by atomic mass is 10.1. The van der Waals surface area contributed by atoms with E-state index in [1.807, 2.05) is 48.2 Å². The number of nitrogens with one attached hydrogen (secondary N) is 1. The lowest BCUT2D eigenvalue weighted by Crippen LogP contribution is -2.54. The summed E-state index contributed by atoms with van der Waals surface area (Å²) in [6.07, 6.45) is 2.77. The molecule has 2 amide bonds. The molecule has 2 rings (SSSR count). The van der Waals surface area contributed by atoms with Crippen LogP contribution in [0.2, 0.25) is 0 Å². The van der Waals surface area contributed by atoms with Gasteiger partial charge in [-0.15, -0.1) is 0 Å². The molecule has 1 atom stereocenters. The Morgan fingerprint density at radius 2 is 1.78 bits per heavy atom. The molecule has 1 aromatic carbocycles. The third-order valence-electron chi connectivity index (χ3n) is 5.19. The molecule has 1 aliphatic rings. The number of benzene rings is 1. The predicted octanol–water partition coefficient (Wildman–Crippen LogP) is 2.06. The zero-order chi connectivity index (χ0) is 19.8. The van der Waals surface area contributed by atoms with E-state index in [4.69, 9.17) is 0 Å². The molecule has 1 fully saturated rings. The van der Waals surface area contributed by atoms with Crippen molar-refractivity contribution in [3.63, 3.8) is 0 Å². The molecule has 1 N–H and O–H groups in total. The van der Waals surface area contributed by atoms with Crippen LogP contribution in [0.1, 0.15) is 32.3 Å². The second kappa shape index (κ2) is 10.4. The smallest absolute Gasteiger partial charge is 0.239 e. The standard InChI is InChI=1S/C21H34N4O2/c1-5-9-19(23(3)4)21(27)25-14-12-24(13-15-25)16-20(26)22-18-11-8-7-10-17(18)6-2/h7-8,10-11,19H,5-6,9,12-16H2,1-4H3,(H,22,26)/t19-/m0/s1. The first-order valence-corrected chi connectivity index (χ1v) is 10.0. The van der Waals surface area contributed by atoms with Gasteiger partial charge in [0.2, 0.25) is 11.8 Å². The van der Waals surface area contributed by atoms with Crippen LogP contribution in [0, 0.1) is 0 Å². The zero-order valence-corrected chi connectivity index (χ0v) is 17.2. The summed E-state index contributed by atoms with van der Waals surface area (Å²) in [6.45, 7) is 7.41. The van der Waals surface area contributed by atoms with Crippen molar-refractivity contribution in [3.05, 3.63) is 29.8 Å². The maximum Gasteiger partial charge on any atom is 0.239 e. The molecule has 1 aliphatic heterocycles. The minimum atomic E-state index is -0.0459. The monoisotopic (exact) mass is 374 g/mol. The number of para-hydroxylation sites is 1. The Balaban J connectivity index is 1.83. The van der Waals surface area contributed by atoms with E-state index in [1.165, 1.54) is 0 Å². The highest BCUT2D eigenvalue weighted by atomic mass is 16.2. The fourth-order valence-electron chi connectivity index (χ4n) is 3.56. The summed E-state index contributed by atoms with van der Waals surface area (Å²) in [5.74, 6) is 0.218. The largest absolute Gasteiger partial charge is 0.339 e. The fraction of sp³-hybridized carbons (Fsp3) is 0.619. The Bertz CT molecular complexity index is 624. The molecule has 6 nitrogen and oxygen atoms in total. The number of likely N-dealkylation sites (N-methyl/N-ethyl adjacent to an activating group) is 1.